The van der Waals surface area contributed by atoms with Crippen molar-refractivity contribution in [3.05, 3.63) is 59.9 Å². The van der Waals surface area contributed by atoms with E-state index in [0.717, 1.165) is 35.6 Å². The molecule has 0 unspecified atom stereocenters. The highest BCUT2D eigenvalue weighted by atomic mass is 16.2. The Morgan fingerprint density at radius 1 is 0.920 bits per heavy atom. The summed E-state index contributed by atoms with van der Waals surface area (Å²) in [5.74, 6) is 0.979. The standard InChI is InChI=1S/C19H19N5O/c1-14-2-4-15(5-3-14)19(25)24-12-10-23(11-13-24)17-7-6-16-18(22-17)21-9-8-20-16/h2-9H,10-13H2,1H3. The molecule has 25 heavy (non-hydrogen) atoms. The van der Waals surface area contributed by atoms with Crippen molar-refractivity contribution in [2.24, 2.45) is 0 Å². The lowest BCUT2D eigenvalue weighted by molar-refractivity contribution is 0.0746. The third-order valence-electron chi connectivity index (χ3n) is 4.51. The van der Waals surface area contributed by atoms with Gasteiger partial charge in [-0.15, -0.1) is 0 Å². The molecule has 0 N–H and O–H groups in total. The second kappa shape index (κ2) is 6.47. The Hall–Kier alpha value is -3.02. The largest absolute Gasteiger partial charge is 0.353 e. The normalized spacial score (nSPS) is 14.8. The maximum atomic E-state index is 12.6. The first-order valence-corrected chi connectivity index (χ1v) is 8.39. The zero-order chi connectivity index (χ0) is 17.2. The van der Waals surface area contributed by atoms with Gasteiger partial charge < -0.3 is 9.80 Å². The molecule has 1 aliphatic rings. The first-order valence-electron chi connectivity index (χ1n) is 8.39. The van der Waals surface area contributed by atoms with Crippen LogP contribution in [0.15, 0.2) is 48.8 Å². The zero-order valence-electron chi connectivity index (χ0n) is 14.1. The van der Waals surface area contributed by atoms with E-state index in [9.17, 15) is 4.79 Å². The number of aryl methyl sites for hydroxylation is 1. The SMILES string of the molecule is Cc1ccc(C(=O)N2CCN(c3ccc4nccnc4n3)CC2)cc1. The van der Waals surface area contributed by atoms with E-state index in [1.54, 1.807) is 12.4 Å². The van der Waals surface area contributed by atoms with Crippen molar-refractivity contribution >= 4 is 22.9 Å². The Labute approximate surface area is 146 Å². The van der Waals surface area contributed by atoms with Gasteiger partial charge in [0.25, 0.3) is 5.91 Å². The fraction of sp³-hybridized carbons (Fsp3) is 0.263. The fourth-order valence-corrected chi connectivity index (χ4v) is 3.04. The molecule has 3 aromatic rings. The van der Waals surface area contributed by atoms with Crippen molar-refractivity contribution in [2.75, 3.05) is 31.1 Å². The highest BCUT2D eigenvalue weighted by molar-refractivity contribution is 5.94. The third-order valence-corrected chi connectivity index (χ3v) is 4.51. The molecule has 1 amide bonds. The second-order valence-electron chi connectivity index (χ2n) is 6.21. The molecule has 2 aromatic heterocycles. The van der Waals surface area contributed by atoms with Crippen LogP contribution in [0.4, 0.5) is 5.82 Å². The van der Waals surface area contributed by atoms with E-state index >= 15 is 0 Å². The van der Waals surface area contributed by atoms with Gasteiger partial charge in [-0.05, 0) is 31.2 Å². The summed E-state index contributed by atoms with van der Waals surface area (Å²) in [7, 11) is 0. The quantitative estimate of drug-likeness (QED) is 0.720. The zero-order valence-corrected chi connectivity index (χ0v) is 14.1. The van der Waals surface area contributed by atoms with Crippen LogP contribution in [0.5, 0.6) is 0 Å². The van der Waals surface area contributed by atoms with Gasteiger partial charge in [-0.2, -0.15) is 0 Å². The average Bonchev–Trinajstić information content (AvgIpc) is 2.68. The Balaban J connectivity index is 1.45. The molecule has 6 nitrogen and oxygen atoms in total. The van der Waals surface area contributed by atoms with Crippen LogP contribution in [-0.4, -0.2) is 51.9 Å². The van der Waals surface area contributed by atoms with Gasteiger partial charge in [-0.3, -0.25) is 9.78 Å². The molecule has 1 saturated heterocycles. The summed E-state index contributed by atoms with van der Waals surface area (Å²) in [5.41, 5.74) is 3.35. The predicted molar refractivity (Wildman–Crippen MR) is 96.6 cm³/mol. The Kier molecular flexibility index (Phi) is 4.01. The number of amides is 1. The number of piperazine rings is 1. The summed E-state index contributed by atoms with van der Waals surface area (Å²) < 4.78 is 0. The van der Waals surface area contributed by atoms with Crippen molar-refractivity contribution in [2.45, 2.75) is 6.92 Å². The van der Waals surface area contributed by atoms with Gasteiger partial charge in [0.2, 0.25) is 0 Å². The van der Waals surface area contributed by atoms with E-state index in [4.69, 9.17) is 0 Å². The van der Waals surface area contributed by atoms with Crippen LogP contribution < -0.4 is 4.90 Å². The Morgan fingerprint density at radius 3 is 2.40 bits per heavy atom. The fourth-order valence-electron chi connectivity index (χ4n) is 3.04. The number of hydrogen-bond acceptors (Lipinski definition) is 5. The number of benzene rings is 1. The number of aromatic nitrogens is 3. The van der Waals surface area contributed by atoms with E-state index in [0.29, 0.717) is 18.7 Å². The van der Waals surface area contributed by atoms with Crippen LogP contribution in [-0.2, 0) is 0 Å². The maximum absolute atomic E-state index is 12.6. The molecular formula is C19H19N5O. The van der Waals surface area contributed by atoms with Crippen LogP contribution >= 0.6 is 0 Å². The summed E-state index contributed by atoms with van der Waals surface area (Å²) in [4.78, 5) is 29.8. The van der Waals surface area contributed by atoms with Crippen LogP contribution in [0.1, 0.15) is 15.9 Å². The van der Waals surface area contributed by atoms with Crippen LogP contribution in [0.2, 0.25) is 0 Å². The average molecular weight is 333 g/mol. The molecule has 1 fully saturated rings. The number of nitrogens with zero attached hydrogens (tertiary/aromatic N) is 5. The molecule has 1 aromatic carbocycles. The molecule has 1 aliphatic heterocycles. The van der Waals surface area contributed by atoms with E-state index in [1.165, 1.54) is 0 Å². The smallest absolute Gasteiger partial charge is 0.253 e. The first-order chi connectivity index (χ1) is 12.2. The van der Waals surface area contributed by atoms with Gasteiger partial charge in [0, 0.05) is 44.1 Å². The Morgan fingerprint density at radius 2 is 1.64 bits per heavy atom. The van der Waals surface area contributed by atoms with Crippen LogP contribution in [0, 0.1) is 6.92 Å². The first kappa shape index (κ1) is 15.5. The summed E-state index contributed by atoms with van der Waals surface area (Å²) in [6.07, 6.45) is 3.32. The number of fused-ring (bicyclic) bond motifs is 1. The van der Waals surface area contributed by atoms with Crippen molar-refractivity contribution in [3.63, 3.8) is 0 Å². The maximum Gasteiger partial charge on any atom is 0.253 e. The topological polar surface area (TPSA) is 62.2 Å². The molecule has 0 spiro atoms. The minimum Gasteiger partial charge on any atom is -0.353 e. The van der Waals surface area contributed by atoms with Gasteiger partial charge >= 0.3 is 0 Å². The lowest BCUT2D eigenvalue weighted by atomic mass is 10.1. The van der Waals surface area contributed by atoms with Crippen molar-refractivity contribution in [3.8, 4) is 0 Å². The lowest BCUT2D eigenvalue weighted by Crippen LogP contribution is -2.49. The Bertz CT molecular complexity index is 901. The molecule has 3 heterocycles. The molecule has 0 radical (unpaired) electrons. The third kappa shape index (κ3) is 3.15. The van der Waals surface area contributed by atoms with Crippen LogP contribution in [0.25, 0.3) is 11.2 Å². The molecule has 0 saturated carbocycles. The highest BCUT2D eigenvalue weighted by Gasteiger charge is 2.23. The summed E-state index contributed by atoms with van der Waals surface area (Å²) in [6, 6.07) is 11.6. The van der Waals surface area contributed by atoms with E-state index in [-0.39, 0.29) is 5.91 Å². The predicted octanol–water partition coefficient (Wildman–Crippen LogP) is 2.30. The molecule has 6 heteroatoms. The summed E-state index contributed by atoms with van der Waals surface area (Å²) >= 11 is 0. The van der Waals surface area contributed by atoms with Gasteiger partial charge in [0.05, 0.1) is 0 Å². The molecule has 0 atom stereocenters. The number of carbonyl (C=O) groups excluding carboxylic acids is 1. The van der Waals surface area contributed by atoms with Crippen molar-refractivity contribution < 1.29 is 4.79 Å². The molecule has 0 bridgehead atoms. The lowest BCUT2D eigenvalue weighted by Gasteiger charge is -2.35. The second-order valence-corrected chi connectivity index (χ2v) is 6.21. The van der Waals surface area contributed by atoms with E-state index in [1.807, 2.05) is 48.2 Å². The van der Waals surface area contributed by atoms with E-state index < -0.39 is 0 Å². The monoisotopic (exact) mass is 333 g/mol. The van der Waals surface area contributed by atoms with Crippen molar-refractivity contribution in [1.82, 2.24) is 19.9 Å². The van der Waals surface area contributed by atoms with Gasteiger partial charge in [0.1, 0.15) is 11.3 Å². The molecule has 126 valence electrons. The van der Waals surface area contributed by atoms with E-state index in [2.05, 4.69) is 19.9 Å². The summed E-state index contributed by atoms with van der Waals surface area (Å²) in [6.45, 7) is 4.92. The van der Waals surface area contributed by atoms with Gasteiger partial charge in [-0.1, -0.05) is 17.7 Å². The molecule has 0 aliphatic carbocycles. The highest BCUT2D eigenvalue weighted by Crippen LogP contribution is 2.18. The minimum atomic E-state index is 0.0944. The minimum absolute atomic E-state index is 0.0944. The van der Waals surface area contributed by atoms with Crippen LogP contribution in [0.3, 0.4) is 0 Å². The van der Waals surface area contributed by atoms with Gasteiger partial charge in [0.15, 0.2) is 5.65 Å². The number of rotatable bonds is 2. The number of hydrogen-bond donors (Lipinski definition) is 0. The molecule has 4 rings (SSSR count). The number of pyridine rings is 1. The van der Waals surface area contributed by atoms with Crippen molar-refractivity contribution in [1.29, 1.82) is 0 Å². The summed E-state index contributed by atoms with van der Waals surface area (Å²) in [5, 5.41) is 0. The molecular weight excluding hydrogens is 314 g/mol. The number of anilines is 1. The van der Waals surface area contributed by atoms with Gasteiger partial charge in [-0.25, -0.2) is 9.97 Å². The number of carbonyl (C=O) groups is 1.